The highest BCUT2D eigenvalue weighted by Gasteiger charge is 2.18. The van der Waals surface area contributed by atoms with Gasteiger partial charge < -0.3 is 16.4 Å². The number of hydrogen-bond acceptors (Lipinski definition) is 3. The molecule has 1 unspecified atom stereocenters. The second-order valence-electron chi connectivity index (χ2n) is 4.56. The Bertz CT molecular complexity index is 321. The van der Waals surface area contributed by atoms with Crippen molar-refractivity contribution in [1.82, 2.24) is 10.6 Å². The molecule has 18 heavy (non-hydrogen) atoms. The Morgan fingerprint density at radius 1 is 1.39 bits per heavy atom. The van der Waals surface area contributed by atoms with Crippen LogP contribution in [0.5, 0.6) is 0 Å². The number of amides is 2. The first kappa shape index (κ1) is 16.5. The lowest BCUT2D eigenvalue weighted by molar-refractivity contribution is -0.127. The molecule has 0 spiro atoms. The van der Waals surface area contributed by atoms with Crippen LogP contribution in [0.1, 0.15) is 33.6 Å². The van der Waals surface area contributed by atoms with E-state index >= 15 is 0 Å². The van der Waals surface area contributed by atoms with Crippen molar-refractivity contribution in [3.63, 3.8) is 0 Å². The highest BCUT2D eigenvalue weighted by molar-refractivity contribution is 5.87. The summed E-state index contributed by atoms with van der Waals surface area (Å²) in [5.41, 5.74) is 5.65. The van der Waals surface area contributed by atoms with Gasteiger partial charge in [0.05, 0.1) is 18.6 Å². The molecular formula is C13H23N3O2. The molecule has 0 rings (SSSR count). The molecule has 0 aliphatic rings. The minimum absolute atomic E-state index is 0.0339. The zero-order chi connectivity index (χ0) is 14.1. The average molecular weight is 253 g/mol. The van der Waals surface area contributed by atoms with Crippen molar-refractivity contribution in [1.29, 1.82) is 0 Å². The summed E-state index contributed by atoms with van der Waals surface area (Å²) in [6.07, 6.45) is 6.89. The molecule has 0 aliphatic heterocycles. The molecule has 0 aliphatic carbocycles. The average Bonchev–Trinajstić information content (AvgIpc) is 2.34. The second-order valence-corrected chi connectivity index (χ2v) is 4.56. The monoisotopic (exact) mass is 253 g/mol. The highest BCUT2D eigenvalue weighted by atomic mass is 16.2. The number of hydrogen-bond donors (Lipinski definition) is 3. The topological polar surface area (TPSA) is 84.2 Å². The number of rotatable bonds is 7. The van der Waals surface area contributed by atoms with Gasteiger partial charge in [0.2, 0.25) is 11.8 Å². The third kappa shape index (κ3) is 6.26. The van der Waals surface area contributed by atoms with Gasteiger partial charge >= 0.3 is 0 Å². The Hall–Kier alpha value is -1.54. The van der Waals surface area contributed by atoms with E-state index < -0.39 is 6.04 Å². The van der Waals surface area contributed by atoms with Crippen LogP contribution in [0.2, 0.25) is 0 Å². The maximum Gasteiger partial charge on any atom is 0.240 e. The molecule has 0 saturated carbocycles. The maximum atomic E-state index is 11.5. The Labute approximate surface area is 109 Å². The van der Waals surface area contributed by atoms with E-state index in [0.717, 1.165) is 12.8 Å². The Morgan fingerprint density at radius 3 is 2.44 bits per heavy atom. The largest absolute Gasteiger partial charge is 0.346 e. The Morgan fingerprint density at radius 2 is 2.00 bits per heavy atom. The summed E-state index contributed by atoms with van der Waals surface area (Å²) in [7, 11) is 0. The zero-order valence-electron chi connectivity index (χ0n) is 11.3. The van der Waals surface area contributed by atoms with E-state index in [1.54, 1.807) is 0 Å². The highest BCUT2D eigenvalue weighted by Crippen LogP contribution is 1.97. The zero-order valence-corrected chi connectivity index (χ0v) is 11.3. The summed E-state index contributed by atoms with van der Waals surface area (Å²) in [6.45, 7) is 5.58. The van der Waals surface area contributed by atoms with Crippen molar-refractivity contribution < 1.29 is 9.59 Å². The van der Waals surface area contributed by atoms with Gasteiger partial charge in [-0.25, -0.2) is 0 Å². The molecule has 0 heterocycles. The van der Waals surface area contributed by atoms with E-state index in [-0.39, 0.29) is 30.3 Å². The van der Waals surface area contributed by atoms with Crippen LogP contribution in [-0.2, 0) is 9.59 Å². The Kier molecular flexibility index (Phi) is 7.81. The van der Waals surface area contributed by atoms with Crippen LogP contribution in [0.3, 0.4) is 0 Å². The first-order chi connectivity index (χ1) is 8.42. The van der Waals surface area contributed by atoms with E-state index in [2.05, 4.69) is 16.6 Å². The molecule has 102 valence electrons. The molecule has 0 aromatic heterocycles. The second kappa shape index (κ2) is 8.54. The van der Waals surface area contributed by atoms with E-state index in [0.29, 0.717) is 0 Å². The lowest BCUT2D eigenvalue weighted by Crippen LogP contribution is -2.48. The SMILES string of the molecule is C#CC(CCC)NC(=O)CNC(=O)[C@@H](N)C(C)C. The van der Waals surface area contributed by atoms with Crippen LogP contribution < -0.4 is 16.4 Å². The fourth-order valence-corrected chi connectivity index (χ4v) is 1.32. The number of terminal acetylenes is 1. The number of nitrogens with one attached hydrogen (secondary N) is 2. The standard InChI is InChI=1S/C13H23N3O2/c1-5-7-10(6-2)16-11(17)8-15-13(18)12(14)9(3)4/h2,9-10,12H,5,7-8,14H2,1,3-4H3,(H,15,18)(H,16,17)/t10?,12-/m0/s1. The van der Waals surface area contributed by atoms with Gasteiger partial charge in [0.25, 0.3) is 0 Å². The van der Waals surface area contributed by atoms with Crippen molar-refractivity contribution in [2.45, 2.75) is 45.7 Å². The van der Waals surface area contributed by atoms with Gasteiger partial charge in [-0.1, -0.05) is 33.1 Å². The van der Waals surface area contributed by atoms with Crippen molar-refractivity contribution in [3.05, 3.63) is 0 Å². The number of carbonyl (C=O) groups is 2. The van der Waals surface area contributed by atoms with Gasteiger partial charge in [0.1, 0.15) is 0 Å². The van der Waals surface area contributed by atoms with Gasteiger partial charge in [-0.2, -0.15) is 0 Å². The molecule has 4 N–H and O–H groups in total. The van der Waals surface area contributed by atoms with Crippen molar-refractivity contribution in [2.24, 2.45) is 11.7 Å². The lowest BCUT2D eigenvalue weighted by Gasteiger charge is -2.16. The molecule has 2 atom stereocenters. The molecule has 5 heteroatoms. The fraction of sp³-hybridized carbons (Fsp3) is 0.692. The summed E-state index contributed by atoms with van der Waals surface area (Å²) >= 11 is 0. The van der Waals surface area contributed by atoms with Gasteiger partial charge in [-0.15, -0.1) is 6.42 Å². The summed E-state index contributed by atoms with van der Waals surface area (Å²) in [5.74, 6) is 1.91. The quantitative estimate of drug-likeness (QED) is 0.559. The third-order valence-electron chi connectivity index (χ3n) is 2.56. The van der Waals surface area contributed by atoms with Crippen molar-refractivity contribution in [3.8, 4) is 12.3 Å². The molecule has 5 nitrogen and oxygen atoms in total. The smallest absolute Gasteiger partial charge is 0.240 e. The fourth-order valence-electron chi connectivity index (χ4n) is 1.32. The van der Waals surface area contributed by atoms with E-state index in [1.807, 2.05) is 20.8 Å². The number of nitrogens with two attached hydrogens (primary N) is 1. The molecule has 0 aromatic carbocycles. The lowest BCUT2D eigenvalue weighted by atomic mass is 10.1. The predicted molar refractivity (Wildman–Crippen MR) is 71.5 cm³/mol. The Balaban J connectivity index is 4.04. The molecular weight excluding hydrogens is 230 g/mol. The van der Waals surface area contributed by atoms with Crippen LogP contribution in [-0.4, -0.2) is 30.4 Å². The molecule has 0 saturated heterocycles. The van der Waals surface area contributed by atoms with E-state index in [9.17, 15) is 9.59 Å². The van der Waals surface area contributed by atoms with Gasteiger partial charge in [0.15, 0.2) is 0 Å². The molecule has 0 fully saturated rings. The summed E-state index contributed by atoms with van der Waals surface area (Å²) in [5, 5.41) is 5.15. The van der Waals surface area contributed by atoms with Crippen LogP contribution in [0.15, 0.2) is 0 Å². The van der Waals surface area contributed by atoms with Crippen LogP contribution in [0, 0.1) is 18.3 Å². The molecule has 0 aromatic rings. The minimum Gasteiger partial charge on any atom is -0.346 e. The normalized spacial score (nSPS) is 13.6. The van der Waals surface area contributed by atoms with E-state index in [1.165, 1.54) is 0 Å². The van der Waals surface area contributed by atoms with Crippen LogP contribution in [0.25, 0.3) is 0 Å². The summed E-state index contributed by atoms with van der Waals surface area (Å²) < 4.78 is 0. The van der Waals surface area contributed by atoms with Gasteiger partial charge in [-0.05, 0) is 12.3 Å². The van der Waals surface area contributed by atoms with Crippen LogP contribution >= 0.6 is 0 Å². The first-order valence-electron chi connectivity index (χ1n) is 6.21. The van der Waals surface area contributed by atoms with Gasteiger partial charge in [-0.3, -0.25) is 9.59 Å². The summed E-state index contributed by atoms with van der Waals surface area (Å²) in [6, 6.07) is -0.880. The van der Waals surface area contributed by atoms with Gasteiger partial charge in [0, 0.05) is 0 Å². The van der Waals surface area contributed by atoms with Crippen molar-refractivity contribution in [2.75, 3.05) is 6.54 Å². The maximum absolute atomic E-state index is 11.5. The van der Waals surface area contributed by atoms with Crippen molar-refractivity contribution >= 4 is 11.8 Å². The van der Waals surface area contributed by atoms with Crippen LogP contribution in [0.4, 0.5) is 0 Å². The molecule has 0 radical (unpaired) electrons. The summed E-state index contributed by atoms with van der Waals surface area (Å²) in [4.78, 5) is 23.0. The first-order valence-corrected chi connectivity index (χ1v) is 6.21. The predicted octanol–water partition coefficient (Wildman–Crippen LogP) is 0.00400. The van der Waals surface area contributed by atoms with E-state index in [4.69, 9.17) is 12.2 Å². The third-order valence-corrected chi connectivity index (χ3v) is 2.56. The number of carbonyl (C=O) groups excluding carboxylic acids is 2. The molecule has 2 amide bonds. The minimum atomic E-state index is -0.600. The molecule has 0 bridgehead atoms.